The van der Waals surface area contributed by atoms with Gasteiger partial charge in [-0.3, -0.25) is 19.2 Å². The molecule has 0 saturated carbocycles. The normalized spacial score (nSPS) is 15.1. The number of aromatic amines is 1. The first kappa shape index (κ1) is 20.7. The second-order valence-corrected chi connectivity index (χ2v) is 8.08. The van der Waals surface area contributed by atoms with Crippen LogP contribution in [0.1, 0.15) is 5.56 Å². The van der Waals surface area contributed by atoms with Crippen molar-refractivity contribution in [3.63, 3.8) is 0 Å². The van der Waals surface area contributed by atoms with Gasteiger partial charge in [0.1, 0.15) is 0 Å². The molecule has 0 amide bonds. The molecule has 1 aliphatic heterocycles. The van der Waals surface area contributed by atoms with Gasteiger partial charge in [0.15, 0.2) is 11.2 Å². The van der Waals surface area contributed by atoms with Crippen LogP contribution >= 0.6 is 23.2 Å². The Morgan fingerprint density at radius 3 is 2.47 bits per heavy atom. The first-order valence-corrected chi connectivity index (χ1v) is 10.4. The highest BCUT2D eigenvalue weighted by atomic mass is 35.5. The smallest absolute Gasteiger partial charge is 0.329 e. The van der Waals surface area contributed by atoms with Gasteiger partial charge < -0.3 is 9.47 Å². The number of hydrogen-bond donors (Lipinski definition) is 1. The third-order valence-corrected chi connectivity index (χ3v) is 6.11. The van der Waals surface area contributed by atoms with Gasteiger partial charge in [0, 0.05) is 61.9 Å². The summed E-state index contributed by atoms with van der Waals surface area (Å²) in [6.45, 7) is 7.89. The second kappa shape index (κ2) is 8.29. The molecule has 8 nitrogen and oxygen atoms in total. The van der Waals surface area contributed by atoms with Crippen molar-refractivity contribution in [2.45, 2.75) is 13.1 Å². The van der Waals surface area contributed by atoms with Gasteiger partial charge in [0.2, 0.25) is 5.95 Å². The maximum atomic E-state index is 12.4. The van der Waals surface area contributed by atoms with Gasteiger partial charge in [-0.1, -0.05) is 35.3 Å². The van der Waals surface area contributed by atoms with Crippen LogP contribution in [-0.2, 0) is 20.1 Å². The van der Waals surface area contributed by atoms with Gasteiger partial charge in [-0.15, -0.1) is 6.58 Å². The Kier molecular flexibility index (Phi) is 5.73. The number of H-pyrrole nitrogens is 1. The van der Waals surface area contributed by atoms with Crippen LogP contribution in [0.2, 0.25) is 10.0 Å². The van der Waals surface area contributed by atoms with Crippen LogP contribution in [0.3, 0.4) is 0 Å². The predicted molar refractivity (Wildman–Crippen MR) is 120 cm³/mol. The van der Waals surface area contributed by atoms with Crippen LogP contribution in [0.5, 0.6) is 0 Å². The van der Waals surface area contributed by atoms with Crippen molar-refractivity contribution in [3.05, 3.63) is 67.3 Å². The van der Waals surface area contributed by atoms with Crippen LogP contribution in [0.4, 0.5) is 5.95 Å². The predicted octanol–water partition coefficient (Wildman–Crippen LogP) is 2.24. The van der Waals surface area contributed by atoms with Crippen LogP contribution in [0, 0.1) is 0 Å². The van der Waals surface area contributed by atoms with E-state index in [1.165, 1.54) is 4.57 Å². The van der Waals surface area contributed by atoms with E-state index < -0.39 is 11.2 Å². The van der Waals surface area contributed by atoms with Crippen LogP contribution in [-0.4, -0.2) is 50.2 Å². The van der Waals surface area contributed by atoms with E-state index in [1.54, 1.807) is 17.7 Å². The van der Waals surface area contributed by atoms with Gasteiger partial charge in [-0.2, -0.15) is 4.98 Å². The summed E-state index contributed by atoms with van der Waals surface area (Å²) in [5.74, 6) is 0.659. The molecule has 30 heavy (non-hydrogen) atoms. The number of nitrogens with zero attached hydrogens (tertiary/aromatic N) is 5. The third kappa shape index (κ3) is 3.66. The molecule has 3 aromatic rings. The molecule has 158 valence electrons. The monoisotopic (exact) mass is 448 g/mol. The number of rotatable bonds is 5. The SMILES string of the molecule is C=CCn1c(N2CCN(Cc3c(Cl)cccc3Cl)CC2)nc2c1c(=O)[nH]c(=O)n2C. The minimum absolute atomic E-state index is 0.367. The fourth-order valence-electron chi connectivity index (χ4n) is 3.78. The van der Waals surface area contributed by atoms with Crippen molar-refractivity contribution in [2.24, 2.45) is 7.05 Å². The quantitative estimate of drug-likeness (QED) is 0.605. The van der Waals surface area contributed by atoms with Crippen molar-refractivity contribution in [2.75, 3.05) is 31.1 Å². The molecule has 1 aromatic carbocycles. The molecule has 1 saturated heterocycles. The standard InChI is InChI=1S/C20H22Cl2N6O2/c1-3-7-28-16-17(25(2)20(30)24-18(16)29)23-19(28)27-10-8-26(9-11-27)12-13-14(21)5-4-6-15(13)22/h3-6H,1,7-12H2,2H3,(H,24,29,30). The molecule has 1 aliphatic rings. The van der Waals surface area contributed by atoms with Gasteiger partial charge in [-0.25, -0.2) is 4.79 Å². The van der Waals surface area contributed by atoms with Crippen molar-refractivity contribution in [1.29, 1.82) is 0 Å². The molecule has 1 fully saturated rings. The Hall–Kier alpha value is -2.55. The molecule has 3 heterocycles. The first-order chi connectivity index (χ1) is 14.4. The molecule has 2 aromatic heterocycles. The number of aryl methyl sites for hydroxylation is 1. The average Bonchev–Trinajstić information content (AvgIpc) is 3.10. The average molecular weight is 449 g/mol. The zero-order valence-corrected chi connectivity index (χ0v) is 18.1. The van der Waals surface area contributed by atoms with Gasteiger partial charge in [0.05, 0.1) is 0 Å². The highest BCUT2D eigenvalue weighted by Crippen LogP contribution is 2.27. The highest BCUT2D eigenvalue weighted by molar-refractivity contribution is 6.35. The summed E-state index contributed by atoms with van der Waals surface area (Å²) >= 11 is 12.6. The van der Waals surface area contributed by atoms with Crippen molar-refractivity contribution in [1.82, 2.24) is 24.0 Å². The molecule has 4 rings (SSSR count). The highest BCUT2D eigenvalue weighted by Gasteiger charge is 2.25. The van der Waals surface area contributed by atoms with Gasteiger partial charge in [-0.05, 0) is 12.1 Å². The molecule has 0 aliphatic carbocycles. The number of imidazole rings is 1. The van der Waals surface area contributed by atoms with Crippen molar-refractivity contribution in [3.8, 4) is 0 Å². The number of piperazine rings is 1. The lowest BCUT2D eigenvalue weighted by atomic mass is 10.2. The van der Waals surface area contributed by atoms with Crippen molar-refractivity contribution < 1.29 is 0 Å². The number of anilines is 1. The molecule has 0 spiro atoms. The van der Waals surface area contributed by atoms with E-state index >= 15 is 0 Å². The van der Waals surface area contributed by atoms with E-state index in [2.05, 4.69) is 26.3 Å². The molecule has 0 unspecified atom stereocenters. The molecule has 0 bridgehead atoms. The van der Waals surface area contributed by atoms with E-state index in [0.29, 0.717) is 53.3 Å². The Labute approximate surface area is 182 Å². The zero-order valence-electron chi connectivity index (χ0n) is 16.6. The lowest BCUT2D eigenvalue weighted by Gasteiger charge is -2.35. The van der Waals surface area contributed by atoms with Crippen LogP contribution in [0.25, 0.3) is 11.2 Å². The topological polar surface area (TPSA) is 79.2 Å². The maximum absolute atomic E-state index is 12.4. The van der Waals surface area contributed by atoms with E-state index in [-0.39, 0.29) is 0 Å². The molecular weight excluding hydrogens is 427 g/mol. The summed E-state index contributed by atoms with van der Waals surface area (Å²) in [7, 11) is 1.60. The lowest BCUT2D eigenvalue weighted by Crippen LogP contribution is -2.47. The van der Waals surface area contributed by atoms with E-state index in [9.17, 15) is 9.59 Å². The Morgan fingerprint density at radius 2 is 1.83 bits per heavy atom. The summed E-state index contributed by atoms with van der Waals surface area (Å²) in [6.07, 6.45) is 1.71. The number of aromatic nitrogens is 4. The van der Waals surface area contributed by atoms with E-state index in [1.807, 2.05) is 18.2 Å². The minimum atomic E-state index is -0.483. The number of fused-ring (bicyclic) bond motifs is 1. The Balaban J connectivity index is 1.60. The molecule has 0 atom stereocenters. The van der Waals surface area contributed by atoms with Gasteiger partial charge >= 0.3 is 5.69 Å². The number of allylic oxidation sites excluding steroid dienone is 1. The van der Waals surface area contributed by atoms with Crippen LogP contribution < -0.4 is 16.1 Å². The molecular formula is C20H22Cl2N6O2. The summed E-state index contributed by atoms with van der Waals surface area (Å²) in [6, 6.07) is 5.53. The van der Waals surface area contributed by atoms with Crippen LogP contribution in [0.15, 0.2) is 40.4 Å². The van der Waals surface area contributed by atoms with Gasteiger partial charge in [0.25, 0.3) is 5.56 Å². The maximum Gasteiger partial charge on any atom is 0.329 e. The molecule has 10 heteroatoms. The fraction of sp³-hybridized carbons (Fsp3) is 0.350. The number of nitrogens with one attached hydrogen (secondary N) is 1. The fourth-order valence-corrected chi connectivity index (χ4v) is 4.30. The second-order valence-electron chi connectivity index (χ2n) is 7.26. The molecule has 1 N–H and O–H groups in total. The summed E-state index contributed by atoms with van der Waals surface area (Å²) < 4.78 is 3.16. The third-order valence-electron chi connectivity index (χ3n) is 5.40. The minimum Gasteiger partial charge on any atom is -0.340 e. The molecule has 0 radical (unpaired) electrons. The first-order valence-electron chi connectivity index (χ1n) is 9.61. The Bertz CT molecular complexity index is 1200. The lowest BCUT2D eigenvalue weighted by molar-refractivity contribution is 0.248. The largest absolute Gasteiger partial charge is 0.340 e. The number of halogens is 2. The Morgan fingerprint density at radius 1 is 1.17 bits per heavy atom. The summed E-state index contributed by atoms with van der Waals surface area (Å²) in [5.41, 5.74) is 0.738. The van der Waals surface area contributed by atoms with E-state index in [4.69, 9.17) is 23.2 Å². The summed E-state index contributed by atoms with van der Waals surface area (Å²) in [4.78, 5) is 35.8. The van der Waals surface area contributed by atoms with Crippen molar-refractivity contribution >= 4 is 40.3 Å². The number of benzene rings is 1. The zero-order chi connectivity index (χ0) is 21.4. The van der Waals surface area contributed by atoms with E-state index in [0.717, 1.165) is 18.7 Å². The summed E-state index contributed by atoms with van der Waals surface area (Å²) in [5, 5.41) is 1.33. The number of hydrogen-bond acceptors (Lipinski definition) is 5.